The lowest BCUT2D eigenvalue weighted by Crippen LogP contribution is -2.65. The lowest BCUT2D eigenvalue weighted by atomic mass is 10.2. The van der Waals surface area contributed by atoms with Gasteiger partial charge in [0.1, 0.15) is 0 Å². The fourth-order valence-electron chi connectivity index (χ4n) is 3.32. The van der Waals surface area contributed by atoms with Crippen molar-refractivity contribution in [2.24, 2.45) is 5.73 Å². The summed E-state index contributed by atoms with van der Waals surface area (Å²) in [6.45, 7) is 14.4. The third-order valence-electron chi connectivity index (χ3n) is 4.35. The molecule has 0 aromatic carbocycles. The second-order valence-electron chi connectivity index (χ2n) is 5.92. The fraction of sp³-hybridized carbons (Fsp3) is 0.938. The molecular formula is C16H35N3O4Si. The van der Waals surface area contributed by atoms with E-state index in [2.05, 4.69) is 16.7 Å². The minimum atomic E-state index is -2.74. The van der Waals surface area contributed by atoms with Gasteiger partial charge in [-0.1, -0.05) is 6.92 Å². The summed E-state index contributed by atoms with van der Waals surface area (Å²) >= 11 is 0. The van der Waals surface area contributed by atoms with Gasteiger partial charge in [-0.2, -0.15) is 0 Å². The Hall–Kier alpha value is -0.513. The highest BCUT2D eigenvalue weighted by molar-refractivity contribution is 6.62. The van der Waals surface area contributed by atoms with Gasteiger partial charge in [-0.15, -0.1) is 0 Å². The van der Waals surface area contributed by atoms with Gasteiger partial charge in [-0.05, 0) is 27.2 Å². The summed E-state index contributed by atoms with van der Waals surface area (Å²) in [5.41, 5.74) is 5.42. The molecule has 24 heavy (non-hydrogen) atoms. The molecule has 7 nitrogen and oxygen atoms in total. The highest BCUT2D eigenvalue weighted by Crippen LogP contribution is 2.24. The topological polar surface area (TPSA) is 77.3 Å². The van der Waals surface area contributed by atoms with Crippen LogP contribution in [0.3, 0.4) is 0 Å². The number of nitrogens with zero attached hydrogens (tertiary/aromatic N) is 2. The van der Waals surface area contributed by atoms with Crippen LogP contribution >= 0.6 is 0 Å². The number of carbonyl (C=O) groups excluding carboxylic acids is 1. The molecular weight excluding hydrogens is 326 g/mol. The number of primary amides is 1. The van der Waals surface area contributed by atoms with Gasteiger partial charge in [0.05, 0.1) is 5.67 Å². The highest BCUT2D eigenvalue weighted by Gasteiger charge is 2.51. The number of carbonyl (C=O) groups is 1. The third-order valence-corrected chi connectivity index (χ3v) is 8.02. The normalized spacial score (nSPS) is 18.7. The van der Waals surface area contributed by atoms with Crippen molar-refractivity contribution in [3.05, 3.63) is 0 Å². The molecule has 1 aliphatic rings. The summed E-state index contributed by atoms with van der Waals surface area (Å²) in [6, 6.07) is 0. The molecule has 0 saturated carbocycles. The zero-order valence-electron chi connectivity index (χ0n) is 15.8. The predicted molar refractivity (Wildman–Crippen MR) is 96.5 cm³/mol. The van der Waals surface area contributed by atoms with Crippen LogP contribution in [0, 0.1) is 0 Å². The van der Waals surface area contributed by atoms with E-state index in [9.17, 15) is 4.79 Å². The molecule has 0 radical (unpaired) electrons. The maximum atomic E-state index is 10.9. The van der Waals surface area contributed by atoms with Gasteiger partial charge in [0, 0.05) is 59.0 Å². The van der Waals surface area contributed by atoms with Crippen molar-refractivity contribution >= 4 is 14.7 Å². The minimum Gasteiger partial charge on any atom is -0.373 e. The van der Waals surface area contributed by atoms with Crippen molar-refractivity contribution in [1.82, 2.24) is 9.80 Å². The Morgan fingerprint density at radius 2 is 1.50 bits per heavy atom. The Morgan fingerprint density at radius 1 is 1.00 bits per heavy atom. The van der Waals surface area contributed by atoms with Crippen LogP contribution in [0.2, 0.25) is 0 Å². The Kier molecular flexibility index (Phi) is 10.0. The Labute approximate surface area is 147 Å². The molecule has 142 valence electrons. The average molecular weight is 362 g/mol. The summed E-state index contributed by atoms with van der Waals surface area (Å²) in [7, 11) is -2.74. The predicted octanol–water partition coefficient (Wildman–Crippen LogP) is 0.846. The first-order valence-corrected chi connectivity index (χ1v) is 11.0. The van der Waals surface area contributed by atoms with Crippen LogP contribution in [0.5, 0.6) is 0 Å². The summed E-state index contributed by atoms with van der Waals surface area (Å²) in [4.78, 5) is 15.7. The van der Waals surface area contributed by atoms with Crippen molar-refractivity contribution in [3.63, 3.8) is 0 Å². The van der Waals surface area contributed by atoms with Crippen LogP contribution in [-0.2, 0) is 18.1 Å². The van der Waals surface area contributed by atoms with Crippen molar-refractivity contribution < 1.29 is 18.1 Å². The SMILES string of the molecule is CCO[Si](OCC)(OCC)C(CC)N1CCN(CCC(N)=O)CC1. The zero-order valence-corrected chi connectivity index (χ0v) is 16.8. The molecule has 1 aliphatic heterocycles. The second kappa shape index (κ2) is 11.2. The van der Waals surface area contributed by atoms with Gasteiger partial charge in [0.15, 0.2) is 0 Å². The number of piperazine rings is 1. The molecule has 1 saturated heterocycles. The van der Waals surface area contributed by atoms with E-state index in [-0.39, 0.29) is 11.6 Å². The molecule has 1 fully saturated rings. The largest absolute Gasteiger partial charge is 0.519 e. The smallest absolute Gasteiger partial charge is 0.373 e. The molecule has 0 bridgehead atoms. The average Bonchev–Trinajstić information content (AvgIpc) is 2.55. The van der Waals surface area contributed by atoms with Crippen molar-refractivity contribution in [2.75, 3.05) is 52.5 Å². The quantitative estimate of drug-likeness (QED) is 0.519. The number of amides is 1. The lowest BCUT2D eigenvalue weighted by molar-refractivity contribution is -0.118. The molecule has 1 amide bonds. The Morgan fingerprint density at radius 3 is 1.88 bits per heavy atom. The first kappa shape index (κ1) is 21.5. The number of hydrogen-bond acceptors (Lipinski definition) is 6. The van der Waals surface area contributed by atoms with E-state index in [1.54, 1.807) is 0 Å². The number of rotatable bonds is 12. The first-order valence-electron chi connectivity index (χ1n) is 9.19. The van der Waals surface area contributed by atoms with E-state index < -0.39 is 8.80 Å². The number of hydrogen-bond donors (Lipinski definition) is 1. The third kappa shape index (κ3) is 6.09. The van der Waals surface area contributed by atoms with E-state index in [1.807, 2.05) is 20.8 Å². The molecule has 1 heterocycles. The van der Waals surface area contributed by atoms with Gasteiger partial charge in [0.2, 0.25) is 5.91 Å². The molecule has 0 spiro atoms. The van der Waals surface area contributed by atoms with Gasteiger partial charge >= 0.3 is 8.80 Å². The maximum absolute atomic E-state index is 10.9. The first-order chi connectivity index (χ1) is 11.5. The van der Waals surface area contributed by atoms with E-state index in [0.717, 1.165) is 39.1 Å². The van der Waals surface area contributed by atoms with Gasteiger partial charge in [-0.25, -0.2) is 0 Å². The minimum absolute atomic E-state index is 0.177. The molecule has 0 aliphatic carbocycles. The molecule has 0 aromatic heterocycles. The second-order valence-corrected chi connectivity index (χ2v) is 8.66. The van der Waals surface area contributed by atoms with E-state index >= 15 is 0 Å². The lowest BCUT2D eigenvalue weighted by Gasteiger charge is -2.44. The summed E-state index contributed by atoms with van der Waals surface area (Å²) < 4.78 is 18.3. The highest BCUT2D eigenvalue weighted by atomic mass is 28.4. The van der Waals surface area contributed by atoms with Crippen LogP contribution in [0.15, 0.2) is 0 Å². The summed E-state index contributed by atoms with van der Waals surface area (Å²) in [5, 5.41) is 0. The molecule has 1 atom stereocenters. The van der Waals surface area contributed by atoms with Crippen molar-refractivity contribution in [2.45, 2.75) is 46.2 Å². The van der Waals surface area contributed by atoms with E-state index in [1.165, 1.54) is 0 Å². The van der Waals surface area contributed by atoms with Crippen LogP contribution in [-0.4, -0.2) is 82.7 Å². The van der Waals surface area contributed by atoms with E-state index in [0.29, 0.717) is 26.2 Å². The zero-order chi connectivity index (χ0) is 18.0. The molecule has 0 aromatic rings. The van der Waals surface area contributed by atoms with Crippen LogP contribution in [0.4, 0.5) is 0 Å². The maximum Gasteiger partial charge on any atom is 0.519 e. The standard InChI is InChI=1S/C16H35N3O4Si/c1-5-16(24(21-6-2,22-7-3)23-8-4)19-13-11-18(12-14-19)10-9-15(17)20/h16H,5-14H2,1-4H3,(H2,17,20). The fourth-order valence-corrected chi connectivity index (χ4v) is 6.56. The molecule has 2 N–H and O–H groups in total. The van der Waals surface area contributed by atoms with Gasteiger partial charge in [-0.3, -0.25) is 9.69 Å². The van der Waals surface area contributed by atoms with Crippen LogP contribution < -0.4 is 5.73 Å². The van der Waals surface area contributed by atoms with Crippen LogP contribution in [0.25, 0.3) is 0 Å². The summed E-state index contributed by atoms with van der Waals surface area (Å²) in [6.07, 6.45) is 1.36. The molecule has 1 unspecified atom stereocenters. The molecule has 1 rings (SSSR count). The van der Waals surface area contributed by atoms with Crippen molar-refractivity contribution in [3.8, 4) is 0 Å². The monoisotopic (exact) mass is 361 g/mol. The van der Waals surface area contributed by atoms with Gasteiger partial charge < -0.3 is 23.9 Å². The Balaban J connectivity index is 2.74. The molecule has 8 heteroatoms. The number of nitrogens with two attached hydrogens (primary N) is 1. The Bertz CT molecular complexity index is 348. The van der Waals surface area contributed by atoms with E-state index in [4.69, 9.17) is 19.0 Å². The van der Waals surface area contributed by atoms with Gasteiger partial charge in [0.25, 0.3) is 0 Å². The van der Waals surface area contributed by atoms with Crippen molar-refractivity contribution in [1.29, 1.82) is 0 Å². The van der Waals surface area contributed by atoms with Crippen LogP contribution in [0.1, 0.15) is 40.5 Å². The summed E-state index contributed by atoms with van der Waals surface area (Å²) in [5.74, 6) is -0.237.